The Hall–Kier alpha value is -1.46. The van der Waals surface area contributed by atoms with Gasteiger partial charge in [0.2, 0.25) is 5.88 Å². The van der Waals surface area contributed by atoms with Gasteiger partial charge in [-0.3, -0.25) is 0 Å². The van der Waals surface area contributed by atoms with E-state index in [4.69, 9.17) is 4.74 Å². The molecule has 4 nitrogen and oxygen atoms in total. The second kappa shape index (κ2) is 4.81. The van der Waals surface area contributed by atoms with Crippen molar-refractivity contribution < 1.29 is 4.74 Å². The average Bonchev–Trinajstić information content (AvgIpc) is 3.01. The third-order valence-electron chi connectivity index (χ3n) is 2.72. The Morgan fingerprint density at radius 2 is 2.41 bits per heavy atom. The maximum atomic E-state index is 5.81. The predicted octanol–water partition coefficient (Wildman–Crippen LogP) is 1.95. The lowest BCUT2D eigenvalue weighted by atomic mass is 10.3. The van der Waals surface area contributed by atoms with Crippen molar-refractivity contribution in [2.24, 2.45) is 0 Å². The maximum absolute atomic E-state index is 5.81. The molecule has 0 saturated carbocycles. The van der Waals surface area contributed by atoms with Gasteiger partial charge >= 0.3 is 0 Å². The Bertz CT molecular complexity index is 480. The number of aromatic nitrogens is 2. The summed E-state index contributed by atoms with van der Waals surface area (Å²) < 4.78 is 5.81. The Labute approximate surface area is 104 Å². The summed E-state index contributed by atoms with van der Waals surface area (Å²) in [7, 11) is 0. The van der Waals surface area contributed by atoms with Gasteiger partial charge in [-0.2, -0.15) is 0 Å². The van der Waals surface area contributed by atoms with E-state index in [-0.39, 0.29) is 6.10 Å². The topological polar surface area (TPSA) is 47.0 Å². The molecule has 0 bridgehead atoms. The van der Waals surface area contributed by atoms with E-state index in [0.29, 0.717) is 5.88 Å². The lowest BCUT2D eigenvalue weighted by molar-refractivity contribution is 0.214. The molecule has 1 N–H and O–H groups in total. The molecule has 88 valence electrons. The van der Waals surface area contributed by atoms with Gasteiger partial charge in [0.25, 0.3) is 0 Å². The number of hydrogen-bond acceptors (Lipinski definition) is 5. The molecule has 0 aliphatic carbocycles. The number of rotatable bonds is 3. The van der Waals surface area contributed by atoms with E-state index in [1.165, 1.54) is 0 Å². The Kier molecular flexibility index (Phi) is 3.02. The van der Waals surface area contributed by atoms with Gasteiger partial charge in [-0.1, -0.05) is 6.07 Å². The Morgan fingerprint density at radius 3 is 3.18 bits per heavy atom. The largest absolute Gasteiger partial charge is 0.473 e. The first-order chi connectivity index (χ1) is 8.42. The van der Waals surface area contributed by atoms with Crippen LogP contribution in [0.2, 0.25) is 0 Å². The van der Waals surface area contributed by atoms with Gasteiger partial charge in [0.1, 0.15) is 12.4 Å². The van der Waals surface area contributed by atoms with Gasteiger partial charge in [-0.25, -0.2) is 9.97 Å². The normalized spacial score (nSPS) is 19.4. The van der Waals surface area contributed by atoms with E-state index in [0.717, 1.165) is 30.1 Å². The Balaban J connectivity index is 1.79. The van der Waals surface area contributed by atoms with Crippen molar-refractivity contribution in [1.82, 2.24) is 15.3 Å². The maximum Gasteiger partial charge on any atom is 0.217 e. The van der Waals surface area contributed by atoms with Gasteiger partial charge < -0.3 is 10.1 Å². The second-order valence-electron chi connectivity index (χ2n) is 3.95. The van der Waals surface area contributed by atoms with Crippen molar-refractivity contribution in [3.8, 4) is 16.5 Å². The van der Waals surface area contributed by atoms with Crippen LogP contribution in [0.25, 0.3) is 10.6 Å². The van der Waals surface area contributed by atoms with Crippen LogP contribution in [0.3, 0.4) is 0 Å². The van der Waals surface area contributed by atoms with E-state index in [9.17, 15) is 0 Å². The number of nitrogens with zero attached hydrogens (tertiary/aromatic N) is 2. The molecule has 17 heavy (non-hydrogen) atoms. The van der Waals surface area contributed by atoms with Crippen LogP contribution in [0.1, 0.15) is 6.42 Å². The highest BCUT2D eigenvalue weighted by atomic mass is 32.1. The van der Waals surface area contributed by atoms with Gasteiger partial charge in [0.15, 0.2) is 0 Å². The molecule has 2 aromatic heterocycles. The van der Waals surface area contributed by atoms with E-state index in [1.807, 2.05) is 23.6 Å². The summed E-state index contributed by atoms with van der Waals surface area (Å²) in [5.74, 6) is 0.664. The zero-order valence-electron chi connectivity index (χ0n) is 9.30. The third-order valence-corrected chi connectivity index (χ3v) is 3.61. The van der Waals surface area contributed by atoms with Crippen molar-refractivity contribution in [2.45, 2.75) is 12.5 Å². The van der Waals surface area contributed by atoms with Crippen LogP contribution >= 0.6 is 11.3 Å². The van der Waals surface area contributed by atoms with Crippen LogP contribution in [0.15, 0.2) is 29.9 Å². The van der Waals surface area contributed by atoms with E-state index in [1.54, 1.807) is 17.7 Å². The minimum Gasteiger partial charge on any atom is -0.473 e. The standard InChI is InChI=1S/C12H13N3OS/c1-2-11(17-5-1)10-6-12(15-8-14-10)16-9-3-4-13-7-9/h1-2,5-6,8-9,13H,3-4,7H2. The van der Waals surface area contributed by atoms with Crippen LogP contribution in [-0.4, -0.2) is 29.2 Å². The summed E-state index contributed by atoms with van der Waals surface area (Å²) in [6.07, 6.45) is 2.84. The van der Waals surface area contributed by atoms with Crippen molar-refractivity contribution in [3.63, 3.8) is 0 Å². The van der Waals surface area contributed by atoms with Gasteiger partial charge in [-0.15, -0.1) is 11.3 Å². The molecule has 5 heteroatoms. The second-order valence-corrected chi connectivity index (χ2v) is 4.90. The summed E-state index contributed by atoms with van der Waals surface area (Å²) >= 11 is 1.67. The summed E-state index contributed by atoms with van der Waals surface area (Å²) in [6, 6.07) is 5.97. The van der Waals surface area contributed by atoms with E-state index in [2.05, 4.69) is 15.3 Å². The minimum absolute atomic E-state index is 0.237. The fourth-order valence-corrected chi connectivity index (χ4v) is 2.56. The number of hydrogen-bond donors (Lipinski definition) is 1. The molecule has 1 unspecified atom stereocenters. The zero-order valence-corrected chi connectivity index (χ0v) is 10.1. The number of thiophene rings is 1. The summed E-state index contributed by atoms with van der Waals surface area (Å²) in [6.45, 7) is 1.92. The Morgan fingerprint density at radius 1 is 1.41 bits per heavy atom. The molecule has 1 fully saturated rings. The molecule has 0 spiro atoms. The SMILES string of the molecule is c1csc(-c2cc(OC3CCNC3)ncn2)c1. The molecular formula is C12H13N3OS. The number of ether oxygens (including phenoxy) is 1. The molecule has 1 aliphatic heterocycles. The monoisotopic (exact) mass is 247 g/mol. The lowest BCUT2D eigenvalue weighted by Crippen LogP contribution is -2.20. The summed E-state index contributed by atoms with van der Waals surface area (Å²) in [5, 5.41) is 5.31. The van der Waals surface area contributed by atoms with Crippen molar-refractivity contribution in [1.29, 1.82) is 0 Å². The number of nitrogens with one attached hydrogen (secondary N) is 1. The average molecular weight is 247 g/mol. The molecule has 0 radical (unpaired) electrons. The smallest absolute Gasteiger partial charge is 0.217 e. The third kappa shape index (κ3) is 2.45. The highest BCUT2D eigenvalue weighted by molar-refractivity contribution is 7.13. The van der Waals surface area contributed by atoms with Crippen LogP contribution in [0, 0.1) is 0 Å². The molecule has 1 atom stereocenters. The molecule has 1 aliphatic rings. The summed E-state index contributed by atoms with van der Waals surface area (Å²) in [4.78, 5) is 9.56. The van der Waals surface area contributed by atoms with Crippen molar-refractivity contribution in [3.05, 3.63) is 29.9 Å². The fourth-order valence-electron chi connectivity index (χ4n) is 1.86. The van der Waals surface area contributed by atoms with E-state index < -0.39 is 0 Å². The fraction of sp³-hybridized carbons (Fsp3) is 0.333. The molecular weight excluding hydrogens is 234 g/mol. The first-order valence-electron chi connectivity index (χ1n) is 5.65. The van der Waals surface area contributed by atoms with Crippen LogP contribution in [0.4, 0.5) is 0 Å². The van der Waals surface area contributed by atoms with E-state index >= 15 is 0 Å². The van der Waals surface area contributed by atoms with Crippen LogP contribution < -0.4 is 10.1 Å². The van der Waals surface area contributed by atoms with Crippen LogP contribution in [-0.2, 0) is 0 Å². The quantitative estimate of drug-likeness (QED) is 0.900. The first kappa shape index (κ1) is 10.7. The van der Waals surface area contributed by atoms with Gasteiger partial charge in [0.05, 0.1) is 10.6 Å². The molecule has 2 aromatic rings. The molecule has 3 heterocycles. The highest BCUT2D eigenvalue weighted by Gasteiger charge is 2.16. The molecule has 1 saturated heterocycles. The lowest BCUT2D eigenvalue weighted by Gasteiger charge is -2.11. The van der Waals surface area contributed by atoms with Crippen LogP contribution in [0.5, 0.6) is 5.88 Å². The van der Waals surface area contributed by atoms with Gasteiger partial charge in [-0.05, 0) is 24.4 Å². The first-order valence-corrected chi connectivity index (χ1v) is 6.53. The van der Waals surface area contributed by atoms with Gasteiger partial charge in [0, 0.05) is 12.6 Å². The molecule has 0 amide bonds. The molecule has 0 aromatic carbocycles. The minimum atomic E-state index is 0.237. The highest BCUT2D eigenvalue weighted by Crippen LogP contribution is 2.24. The van der Waals surface area contributed by atoms with Crippen molar-refractivity contribution >= 4 is 11.3 Å². The van der Waals surface area contributed by atoms with Crippen molar-refractivity contribution in [2.75, 3.05) is 13.1 Å². The molecule has 3 rings (SSSR count). The zero-order chi connectivity index (χ0) is 11.5. The summed E-state index contributed by atoms with van der Waals surface area (Å²) in [5.41, 5.74) is 0.927. The predicted molar refractivity (Wildman–Crippen MR) is 67.2 cm³/mol.